The molecule has 5 heteroatoms. The highest BCUT2D eigenvalue weighted by Gasteiger charge is 2.37. The molecular weight excluding hydrogens is 322 g/mol. The Hall–Kier alpha value is -2.59. The maximum Gasteiger partial charge on any atom is 0.195 e. The molecule has 0 amide bonds. The maximum absolute atomic E-state index is 13.0. The summed E-state index contributed by atoms with van der Waals surface area (Å²) in [5, 5.41) is 5.45. The fourth-order valence-electron chi connectivity index (χ4n) is 3.28. The molecule has 2 unspecified atom stereocenters. The fraction of sp³-hybridized carbons (Fsp3) is 0.158. The highest BCUT2D eigenvalue weighted by Crippen LogP contribution is 2.40. The molecule has 1 aliphatic rings. The maximum atomic E-state index is 13.0. The second-order valence-corrected chi connectivity index (χ2v) is 6.20. The van der Waals surface area contributed by atoms with Crippen LogP contribution in [0.25, 0.3) is 10.9 Å². The summed E-state index contributed by atoms with van der Waals surface area (Å²) in [6, 6.07) is 15.2. The number of Topliss-reactive ketones (excluding diaryl/α,β-unsaturated/α-hetero) is 1. The first-order valence-electron chi connectivity index (χ1n) is 7.81. The van der Waals surface area contributed by atoms with Crippen LogP contribution < -0.4 is 4.90 Å². The number of anilines is 2. The van der Waals surface area contributed by atoms with Gasteiger partial charge in [-0.3, -0.25) is 9.48 Å². The molecule has 2 atom stereocenters. The van der Waals surface area contributed by atoms with Crippen molar-refractivity contribution in [2.75, 3.05) is 4.90 Å². The van der Waals surface area contributed by atoms with Gasteiger partial charge in [-0.15, -0.1) is 6.58 Å². The molecular formula is C19H16ClN3O. The molecule has 0 radical (unpaired) electrons. The highest BCUT2D eigenvalue weighted by molar-refractivity contribution is 6.34. The lowest BCUT2D eigenvalue weighted by Crippen LogP contribution is -2.36. The SMILES string of the molecule is C=CCC1C(=O)C(Cl)N(c2ccccc2)c2cccc3cnn1c23. The minimum Gasteiger partial charge on any atom is -0.316 e. The van der Waals surface area contributed by atoms with E-state index in [2.05, 4.69) is 11.7 Å². The molecule has 1 aromatic heterocycles. The van der Waals surface area contributed by atoms with E-state index in [0.29, 0.717) is 6.42 Å². The average Bonchev–Trinajstić information content (AvgIpc) is 3.01. The monoisotopic (exact) mass is 337 g/mol. The van der Waals surface area contributed by atoms with E-state index in [1.807, 2.05) is 53.4 Å². The molecule has 0 saturated carbocycles. The van der Waals surface area contributed by atoms with E-state index in [4.69, 9.17) is 11.6 Å². The molecule has 0 N–H and O–H groups in total. The van der Waals surface area contributed by atoms with Gasteiger partial charge in [0.1, 0.15) is 6.04 Å². The van der Waals surface area contributed by atoms with Crippen LogP contribution in [0.5, 0.6) is 0 Å². The summed E-state index contributed by atoms with van der Waals surface area (Å²) in [6.07, 6.45) is 4.02. The normalized spacial score (nSPS) is 20.2. The van der Waals surface area contributed by atoms with Gasteiger partial charge in [-0.05, 0) is 24.6 Å². The van der Waals surface area contributed by atoms with Crippen LogP contribution in [0.2, 0.25) is 0 Å². The smallest absolute Gasteiger partial charge is 0.195 e. The molecule has 0 fully saturated rings. The standard InChI is InChI=1S/C19H16ClN3O/c1-2-7-16-18(24)19(20)22(14-9-4-3-5-10-14)15-11-6-8-13-12-21-23(16)17(13)15/h2-6,8-12,16,19H,1,7H2. The summed E-state index contributed by atoms with van der Waals surface area (Å²) in [4.78, 5) is 14.9. The zero-order valence-corrected chi connectivity index (χ0v) is 13.7. The van der Waals surface area contributed by atoms with Crippen LogP contribution in [-0.4, -0.2) is 21.1 Å². The summed E-state index contributed by atoms with van der Waals surface area (Å²) >= 11 is 6.64. The van der Waals surface area contributed by atoms with Crippen LogP contribution >= 0.6 is 11.6 Å². The van der Waals surface area contributed by atoms with E-state index in [-0.39, 0.29) is 5.78 Å². The van der Waals surface area contributed by atoms with Crippen LogP contribution in [-0.2, 0) is 4.79 Å². The van der Waals surface area contributed by atoms with Crippen molar-refractivity contribution in [3.63, 3.8) is 0 Å². The Kier molecular flexibility index (Phi) is 3.62. The van der Waals surface area contributed by atoms with Gasteiger partial charge in [0.2, 0.25) is 0 Å². The van der Waals surface area contributed by atoms with E-state index in [1.54, 1.807) is 17.0 Å². The van der Waals surface area contributed by atoms with Crippen molar-refractivity contribution in [2.24, 2.45) is 0 Å². The zero-order valence-electron chi connectivity index (χ0n) is 13.0. The van der Waals surface area contributed by atoms with Gasteiger partial charge < -0.3 is 4.90 Å². The third kappa shape index (κ3) is 2.14. The molecule has 120 valence electrons. The van der Waals surface area contributed by atoms with Gasteiger partial charge in [-0.2, -0.15) is 5.10 Å². The zero-order chi connectivity index (χ0) is 16.7. The number of allylic oxidation sites excluding steroid dienone is 1. The molecule has 0 saturated heterocycles. The van der Waals surface area contributed by atoms with E-state index < -0.39 is 11.5 Å². The third-order valence-corrected chi connectivity index (χ3v) is 4.78. The molecule has 24 heavy (non-hydrogen) atoms. The van der Waals surface area contributed by atoms with Gasteiger partial charge in [0.25, 0.3) is 0 Å². The highest BCUT2D eigenvalue weighted by atomic mass is 35.5. The summed E-state index contributed by atoms with van der Waals surface area (Å²) < 4.78 is 1.78. The number of ketones is 1. The van der Waals surface area contributed by atoms with Gasteiger partial charge in [0.05, 0.1) is 17.4 Å². The largest absolute Gasteiger partial charge is 0.316 e. The number of carbonyl (C=O) groups excluding carboxylic acids is 1. The van der Waals surface area contributed by atoms with Crippen molar-refractivity contribution in [1.82, 2.24) is 9.78 Å². The van der Waals surface area contributed by atoms with Crippen LogP contribution in [0.15, 0.2) is 67.4 Å². The summed E-state index contributed by atoms with van der Waals surface area (Å²) in [5.74, 6) is -0.0818. The minimum absolute atomic E-state index is 0.0818. The van der Waals surface area contributed by atoms with E-state index in [0.717, 1.165) is 22.3 Å². The summed E-state index contributed by atoms with van der Waals surface area (Å²) in [6.45, 7) is 3.78. The first-order chi connectivity index (χ1) is 11.7. The molecule has 1 aliphatic heterocycles. The molecule has 3 aromatic rings. The van der Waals surface area contributed by atoms with Gasteiger partial charge in [-0.25, -0.2) is 0 Å². The lowest BCUT2D eigenvalue weighted by molar-refractivity contribution is -0.121. The summed E-state index contributed by atoms with van der Waals surface area (Å²) in [7, 11) is 0. The van der Waals surface area contributed by atoms with Gasteiger partial charge >= 0.3 is 0 Å². The van der Waals surface area contributed by atoms with Crippen LogP contribution in [0.4, 0.5) is 11.4 Å². The number of hydrogen-bond donors (Lipinski definition) is 0. The lowest BCUT2D eigenvalue weighted by Gasteiger charge is -2.28. The minimum atomic E-state index is -0.801. The summed E-state index contributed by atoms with van der Waals surface area (Å²) in [5.41, 5.74) is 1.89. The van der Waals surface area contributed by atoms with E-state index >= 15 is 0 Å². The van der Waals surface area contributed by atoms with E-state index in [9.17, 15) is 4.79 Å². The predicted molar refractivity (Wildman–Crippen MR) is 96.8 cm³/mol. The Morgan fingerprint density at radius 1 is 1.17 bits per heavy atom. The van der Waals surface area contributed by atoms with Crippen molar-refractivity contribution in [3.05, 3.63) is 67.4 Å². The molecule has 0 aliphatic carbocycles. The second kappa shape index (κ2) is 5.80. The molecule has 4 nitrogen and oxygen atoms in total. The van der Waals surface area contributed by atoms with Crippen molar-refractivity contribution >= 4 is 39.7 Å². The number of halogens is 1. The van der Waals surface area contributed by atoms with Crippen LogP contribution in [0.3, 0.4) is 0 Å². The molecule has 0 spiro atoms. The molecule has 0 bridgehead atoms. The van der Waals surface area contributed by atoms with Crippen molar-refractivity contribution in [3.8, 4) is 0 Å². The third-order valence-electron chi connectivity index (χ3n) is 4.37. The number of hydrogen-bond acceptors (Lipinski definition) is 3. The molecule has 2 heterocycles. The molecule has 2 aromatic carbocycles. The number of aromatic nitrogens is 2. The van der Waals surface area contributed by atoms with Crippen LogP contribution in [0, 0.1) is 0 Å². The van der Waals surface area contributed by atoms with Gasteiger partial charge in [0, 0.05) is 11.1 Å². The first kappa shape index (κ1) is 15.0. The lowest BCUT2D eigenvalue weighted by atomic mass is 10.1. The van der Waals surface area contributed by atoms with Crippen molar-refractivity contribution < 1.29 is 4.79 Å². The Bertz CT molecular complexity index is 919. The van der Waals surface area contributed by atoms with E-state index in [1.165, 1.54) is 0 Å². The number of rotatable bonds is 3. The Balaban J connectivity index is 2.02. The topological polar surface area (TPSA) is 38.1 Å². The Morgan fingerprint density at radius 3 is 2.71 bits per heavy atom. The van der Waals surface area contributed by atoms with Gasteiger partial charge in [0.15, 0.2) is 11.3 Å². The number of nitrogens with zero attached hydrogens (tertiary/aromatic N) is 3. The average molecular weight is 338 g/mol. The number of benzene rings is 2. The van der Waals surface area contributed by atoms with Crippen molar-refractivity contribution in [2.45, 2.75) is 18.0 Å². The van der Waals surface area contributed by atoms with Gasteiger partial charge in [-0.1, -0.05) is 48.0 Å². The fourth-order valence-corrected chi connectivity index (χ4v) is 3.64. The first-order valence-corrected chi connectivity index (χ1v) is 8.25. The number of carbonyl (C=O) groups is 1. The molecule has 4 rings (SSSR count). The number of para-hydroxylation sites is 2. The second-order valence-electron chi connectivity index (χ2n) is 5.79. The quantitative estimate of drug-likeness (QED) is 0.403. The number of alkyl halides is 1. The predicted octanol–water partition coefficient (Wildman–Crippen LogP) is 4.44. The van der Waals surface area contributed by atoms with Crippen molar-refractivity contribution in [1.29, 1.82) is 0 Å². The Labute approximate surface area is 144 Å². The van der Waals surface area contributed by atoms with Crippen LogP contribution in [0.1, 0.15) is 12.5 Å². The Morgan fingerprint density at radius 2 is 1.96 bits per heavy atom.